The number of aliphatic hydroxyl groups excluding tert-OH is 1. The quantitative estimate of drug-likeness (QED) is 0.154. The SMILES string of the molecule is C=CCOC(=O)c1sc(N2C(=O)C(=O)C(=C(O)c3ccc(OC)cc3C)[C@H]2c2ccc(O)cc2)nc1C. The Hall–Kier alpha value is -4.44. The number of anilines is 1. The van der Waals surface area contributed by atoms with Crippen LogP contribution in [0.5, 0.6) is 11.5 Å². The van der Waals surface area contributed by atoms with Gasteiger partial charge in [-0.05, 0) is 55.3 Å². The summed E-state index contributed by atoms with van der Waals surface area (Å²) in [4.78, 5) is 44.9. The highest BCUT2D eigenvalue weighted by molar-refractivity contribution is 7.17. The molecule has 2 aromatic carbocycles. The number of methoxy groups -OCH3 is 1. The van der Waals surface area contributed by atoms with E-state index in [-0.39, 0.29) is 33.7 Å². The van der Waals surface area contributed by atoms with E-state index in [1.807, 2.05) is 0 Å². The highest BCUT2D eigenvalue weighted by Gasteiger charge is 2.48. The first-order valence-electron chi connectivity index (χ1n) is 11.2. The first-order chi connectivity index (χ1) is 17.7. The van der Waals surface area contributed by atoms with E-state index < -0.39 is 23.7 Å². The predicted octanol–water partition coefficient (Wildman–Crippen LogP) is 4.44. The standard InChI is InChI=1S/C27H24N2O7S/c1-5-12-36-26(34)24-15(3)28-27(37-24)29-21(16-6-8-17(30)9-7-16)20(23(32)25(29)33)22(31)19-11-10-18(35-4)13-14(19)2/h5-11,13,21,30-31H,1,12H2,2-4H3/t21-/m1/s1. The van der Waals surface area contributed by atoms with Gasteiger partial charge in [0.05, 0.1) is 24.4 Å². The number of aliphatic hydroxyl groups is 1. The van der Waals surface area contributed by atoms with Crippen LogP contribution in [0.15, 0.2) is 60.7 Å². The molecule has 10 heteroatoms. The molecule has 1 fully saturated rings. The van der Waals surface area contributed by atoms with Crippen molar-refractivity contribution in [3.05, 3.63) is 88.0 Å². The number of ketones is 1. The zero-order chi connectivity index (χ0) is 26.9. The summed E-state index contributed by atoms with van der Waals surface area (Å²) in [5, 5.41) is 21.2. The van der Waals surface area contributed by atoms with Crippen LogP contribution in [0.2, 0.25) is 0 Å². The van der Waals surface area contributed by atoms with Crippen molar-refractivity contribution in [2.24, 2.45) is 0 Å². The molecule has 0 bridgehead atoms. The van der Waals surface area contributed by atoms with Crippen LogP contribution in [-0.4, -0.2) is 46.6 Å². The fourth-order valence-corrected chi connectivity index (χ4v) is 5.04. The van der Waals surface area contributed by atoms with Crippen LogP contribution >= 0.6 is 11.3 Å². The predicted molar refractivity (Wildman–Crippen MR) is 138 cm³/mol. The number of hydrogen-bond acceptors (Lipinski definition) is 9. The molecular weight excluding hydrogens is 496 g/mol. The third-order valence-electron chi connectivity index (χ3n) is 5.85. The van der Waals surface area contributed by atoms with Gasteiger partial charge in [-0.25, -0.2) is 9.78 Å². The van der Waals surface area contributed by atoms with E-state index in [0.29, 0.717) is 28.1 Å². The van der Waals surface area contributed by atoms with Crippen molar-refractivity contribution in [3.63, 3.8) is 0 Å². The lowest BCUT2D eigenvalue weighted by Gasteiger charge is -2.23. The number of esters is 1. The summed E-state index contributed by atoms with van der Waals surface area (Å²) in [6, 6.07) is 9.81. The lowest BCUT2D eigenvalue weighted by atomic mass is 9.94. The lowest BCUT2D eigenvalue weighted by Crippen LogP contribution is -2.29. The minimum Gasteiger partial charge on any atom is -0.508 e. The van der Waals surface area contributed by atoms with Gasteiger partial charge >= 0.3 is 11.9 Å². The molecule has 1 amide bonds. The van der Waals surface area contributed by atoms with Crippen LogP contribution in [0.1, 0.15) is 38.1 Å². The molecule has 2 N–H and O–H groups in total. The Bertz CT molecular complexity index is 1440. The van der Waals surface area contributed by atoms with Gasteiger partial charge in [0.15, 0.2) is 5.13 Å². The number of amides is 1. The second-order valence-electron chi connectivity index (χ2n) is 8.24. The molecule has 1 aromatic heterocycles. The molecule has 0 unspecified atom stereocenters. The van der Waals surface area contributed by atoms with Gasteiger partial charge in [-0.1, -0.05) is 36.1 Å². The van der Waals surface area contributed by atoms with Gasteiger partial charge in [0.1, 0.15) is 28.7 Å². The van der Waals surface area contributed by atoms with E-state index in [1.165, 1.54) is 25.3 Å². The Labute approximate surface area is 216 Å². The second-order valence-corrected chi connectivity index (χ2v) is 9.22. The number of thiazole rings is 1. The Morgan fingerprint density at radius 2 is 1.89 bits per heavy atom. The monoisotopic (exact) mass is 520 g/mol. The van der Waals surface area contributed by atoms with Crippen molar-refractivity contribution >= 4 is 39.9 Å². The van der Waals surface area contributed by atoms with Crippen LogP contribution in [0.4, 0.5) is 5.13 Å². The lowest BCUT2D eigenvalue weighted by molar-refractivity contribution is -0.132. The minimum absolute atomic E-state index is 0.00470. The van der Waals surface area contributed by atoms with E-state index in [4.69, 9.17) is 9.47 Å². The van der Waals surface area contributed by atoms with Crippen molar-refractivity contribution in [2.45, 2.75) is 19.9 Å². The van der Waals surface area contributed by atoms with Crippen LogP contribution in [0, 0.1) is 13.8 Å². The van der Waals surface area contributed by atoms with Gasteiger partial charge in [-0.3, -0.25) is 14.5 Å². The van der Waals surface area contributed by atoms with Gasteiger partial charge in [0.25, 0.3) is 5.78 Å². The van der Waals surface area contributed by atoms with Gasteiger partial charge in [0, 0.05) is 5.56 Å². The third kappa shape index (κ3) is 4.70. The first-order valence-corrected chi connectivity index (χ1v) is 12.0. The number of Topliss-reactive ketones (excluding diaryl/α,β-unsaturated/α-hetero) is 1. The average molecular weight is 521 g/mol. The van der Waals surface area contributed by atoms with Crippen molar-refractivity contribution < 1.29 is 34.1 Å². The van der Waals surface area contributed by atoms with Gasteiger partial charge in [-0.15, -0.1) is 0 Å². The molecule has 0 saturated carbocycles. The normalized spacial score (nSPS) is 16.6. The van der Waals surface area contributed by atoms with Crippen molar-refractivity contribution in [2.75, 3.05) is 18.6 Å². The maximum absolute atomic E-state index is 13.3. The smallest absolute Gasteiger partial charge is 0.350 e. The number of phenolic OH excluding ortho intramolecular Hbond substituents is 1. The summed E-state index contributed by atoms with van der Waals surface area (Å²) < 4.78 is 10.3. The summed E-state index contributed by atoms with van der Waals surface area (Å²) in [6.45, 7) is 6.86. The maximum atomic E-state index is 13.3. The molecule has 9 nitrogen and oxygen atoms in total. The topological polar surface area (TPSA) is 126 Å². The molecule has 1 aliphatic rings. The Balaban J connectivity index is 1.89. The van der Waals surface area contributed by atoms with E-state index >= 15 is 0 Å². The summed E-state index contributed by atoms with van der Waals surface area (Å²) in [5.41, 5.74) is 1.61. The molecule has 37 heavy (non-hydrogen) atoms. The number of hydrogen-bond donors (Lipinski definition) is 2. The number of phenols is 1. The highest BCUT2D eigenvalue weighted by atomic mass is 32.1. The third-order valence-corrected chi connectivity index (χ3v) is 6.99. The van der Waals surface area contributed by atoms with Crippen LogP contribution in [0.3, 0.4) is 0 Å². The maximum Gasteiger partial charge on any atom is 0.350 e. The number of carbonyl (C=O) groups is 3. The largest absolute Gasteiger partial charge is 0.508 e. The summed E-state index contributed by atoms with van der Waals surface area (Å²) in [6.07, 6.45) is 1.43. The number of nitrogens with zero attached hydrogens (tertiary/aromatic N) is 2. The zero-order valence-electron chi connectivity index (χ0n) is 20.3. The Kier molecular flexibility index (Phi) is 7.12. The van der Waals surface area contributed by atoms with Gasteiger partial charge < -0.3 is 19.7 Å². The summed E-state index contributed by atoms with van der Waals surface area (Å²) >= 11 is 0.903. The summed E-state index contributed by atoms with van der Waals surface area (Å²) in [5.74, 6) is -2.26. The number of aromatic hydroxyl groups is 1. The summed E-state index contributed by atoms with van der Waals surface area (Å²) in [7, 11) is 1.52. The zero-order valence-corrected chi connectivity index (χ0v) is 21.2. The molecule has 2 heterocycles. The van der Waals surface area contributed by atoms with E-state index in [1.54, 1.807) is 44.2 Å². The molecule has 4 rings (SSSR count). The molecule has 3 aromatic rings. The number of ether oxygens (including phenoxy) is 2. The van der Waals surface area contributed by atoms with Crippen LogP contribution in [-0.2, 0) is 14.3 Å². The molecule has 0 aliphatic carbocycles. The molecule has 1 aliphatic heterocycles. The van der Waals surface area contributed by atoms with Crippen molar-refractivity contribution in [1.82, 2.24) is 4.98 Å². The molecule has 0 radical (unpaired) electrons. The Morgan fingerprint density at radius 1 is 1.19 bits per heavy atom. The minimum atomic E-state index is -1.07. The number of benzene rings is 2. The first kappa shape index (κ1) is 25.6. The van der Waals surface area contributed by atoms with Crippen LogP contribution < -0.4 is 9.64 Å². The Morgan fingerprint density at radius 3 is 2.51 bits per heavy atom. The van der Waals surface area contributed by atoms with Crippen LogP contribution in [0.25, 0.3) is 5.76 Å². The van der Waals surface area contributed by atoms with Crippen molar-refractivity contribution in [3.8, 4) is 11.5 Å². The molecule has 190 valence electrons. The van der Waals surface area contributed by atoms with Gasteiger partial charge in [-0.2, -0.15) is 0 Å². The molecular formula is C27H24N2O7S. The molecule has 1 atom stereocenters. The number of aryl methyl sites for hydroxylation is 2. The number of rotatable bonds is 7. The van der Waals surface area contributed by atoms with E-state index in [2.05, 4.69) is 11.6 Å². The molecule has 1 saturated heterocycles. The second kappa shape index (κ2) is 10.3. The van der Waals surface area contributed by atoms with E-state index in [9.17, 15) is 24.6 Å². The molecule has 0 spiro atoms. The van der Waals surface area contributed by atoms with Gasteiger partial charge in [0.2, 0.25) is 0 Å². The van der Waals surface area contributed by atoms with E-state index in [0.717, 1.165) is 16.2 Å². The fraction of sp³-hybridized carbons (Fsp3) is 0.185. The highest BCUT2D eigenvalue weighted by Crippen LogP contribution is 2.44. The average Bonchev–Trinajstić information content (AvgIpc) is 3.39. The fourth-order valence-electron chi connectivity index (χ4n) is 4.05. The number of aromatic nitrogens is 1. The van der Waals surface area contributed by atoms with Crippen molar-refractivity contribution in [1.29, 1.82) is 0 Å². The number of carbonyl (C=O) groups excluding carboxylic acids is 3.